The number of methoxy groups -OCH3 is 1. The average Bonchev–Trinajstić information content (AvgIpc) is 3.32. The van der Waals surface area contributed by atoms with Gasteiger partial charge in [0.25, 0.3) is 5.91 Å². The maximum Gasteiger partial charge on any atom is 0.410 e. The SMILES string of the molecule is COc1ccc(-n2ncc(C(=O)NCc3ccc(C)cc3)c2C2CCN(C(=O)OC(C)(C)C)CC2)cc1. The lowest BCUT2D eigenvalue weighted by Gasteiger charge is -2.34. The number of carbonyl (C=O) groups excluding carboxylic acids is 2. The molecular weight excluding hydrogens is 468 g/mol. The standard InChI is InChI=1S/C29H36N4O4/c1-20-6-8-21(9-7-20)18-30-27(34)25-19-31-33(23-10-12-24(36-5)13-11-23)26(25)22-14-16-32(17-15-22)28(35)37-29(2,3)4/h6-13,19,22H,14-18H2,1-5H3,(H,30,34). The van der Waals surface area contributed by atoms with Gasteiger partial charge in [-0.05, 0) is 70.4 Å². The summed E-state index contributed by atoms with van der Waals surface area (Å²) in [5.41, 5.74) is 3.94. The molecule has 196 valence electrons. The summed E-state index contributed by atoms with van der Waals surface area (Å²) in [5, 5.41) is 7.67. The number of piperidine rings is 1. The molecule has 3 aromatic rings. The molecule has 1 aliphatic rings. The number of likely N-dealkylation sites (tertiary alicyclic amines) is 1. The molecule has 0 aliphatic carbocycles. The third-order valence-corrected chi connectivity index (χ3v) is 6.48. The van der Waals surface area contributed by atoms with E-state index in [9.17, 15) is 9.59 Å². The quantitative estimate of drug-likeness (QED) is 0.497. The van der Waals surface area contributed by atoms with Crippen LogP contribution in [-0.4, -0.2) is 52.5 Å². The lowest BCUT2D eigenvalue weighted by molar-refractivity contribution is 0.0203. The number of nitrogens with zero attached hydrogens (tertiary/aromatic N) is 3. The monoisotopic (exact) mass is 504 g/mol. The maximum atomic E-state index is 13.4. The summed E-state index contributed by atoms with van der Waals surface area (Å²) in [5.74, 6) is 0.646. The molecule has 8 heteroatoms. The van der Waals surface area contributed by atoms with E-state index in [0.29, 0.717) is 38.0 Å². The fourth-order valence-electron chi connectivity index (χ4n) is 4.50. The van der Waals surface area contributed by atoms with E-state index in [0.717, 1.165) is 22.7 Å². The van der Waals surface area contributed by atoms with Crippen LogP contribution in [0, 0.1) is 6.92 Å². The summed E-state index contributed by atoms with van der Waals surface area (Å²) < 4.78 is 12.7. The largest absolute Gasteiger partial charge is 0.497 e. The minimum Gasteiger partial charge on any atom is -0.497 e. The summed E-state index contributed by atoms with van der Waals surface area (Å²) in [6.07, 6.45) is 2.76. The molecule has 1 saturated heterocycles. The van der Waals surface area contributed by atoms with Crippen LogP contribution in [-0.2, 0) is 11.3 Å². The van der Waals surface area contributed by atoms with Crippen molar-refractivity contribution < 1.29 is 19.1 Å². The van der Waals surface area contributed by atoms with Gasteiger partial charge in [-0.3, -0.25) is 4.79 Å². The third kappa shape index (κ3) is 6.50. The van der Waals surface area contributed by atoms with E-state index in [2.05, 4.69) is 10.4 Å². The fraction of sp³-hybridized carbons (Fsp3) is 0.414. The van der Waals surface area contributed by atoms with E-state index < -0.39 is 5.60 Å². The lowest BCUT2D eigenvalue weighted by atomic mass is 9.90. The predicted octanol–water partition coefficient (Wildman–Crippen LogP) is 5.23. The Bertz CT molecular complexity index is 1220. The lowest BCUT2D eigenvalue weighted by Crippen LogP contribution is -2.41. The van der Waals surface area contributed by atoms with Gasteiger partial charge in [-0.1, -0.05) is 29.8 Å². The maximum absolute atomic E-state index is 13.4. The number of carbonyl (C=O) groups is 2. The Morgan fingerprint density at radius 2 is 1.68 bits per heavy atom. The molecule has 1 fully saturated rings. The highest BCUT2D eigenvalue weighted by Crippen LogP contribution is 2.33. The van der Waals surface area contributed by atoms with Crippen LogP contribution in [0.1, 0.15) is 66.7 Å². The number of aromatic nitrogens is 2. The number of benzene rings is 2. The van der Waals surface area contributed by atoms with Crippen molar-refractivity contribution in [3.8, 4) is 11.4 Å². The first-order chi connectivity index (χ1) is 17.6. The summed E-state index contributed by atoms with van der Waals surface area (Å²) in [7, 11) is 1.63. The Hall–Kier alpha value is -3.81. The van der Waals surface area contributed by atoms with Crippen molar-refractivity contribution in [2.45, 2.75) is 58.6 Å². The number of amides is 2. The Balaban J connectivity index is 1.57. The first-order valence-corrected chi connectivity index (χ1v) is 12.7. The van der Waals surface area contributed by atoms with Crippen LogP contribution in [0.3, 0.4) is 0 Å². The van der Waals surface area contributed by atoms with E-state index in [4.69, 9.17) is 9.47 Å². The Labute approximate surface area is 218 Å². The normalized spacial score (nSPS) is 14.4. The summed E-state index contributed by atoms with van der Waals surface area (Å²) >= 11 is 0. The Kier molecular flexibility index (Phi) is 7.86. The molecule has 0 radical (unpaired) electrons. The molecule has 1 N–H and O–H groups in total. The van der Waals surface area contributed by atoms with E-state index in [1.807, 2.05) is 80.9 Å². The van der Waals surface area contributed by atoms with Gasteiger partial charge in [0.2, 0.25) is 0 Å². The van der Waals surface area contributed by atoms with Crippen molar-refractivity contribution in [1.82, 2.24) is 20.0 Å². The molecule has 2 heterocycles. The molecule has 1 aromatic heterocycles. The van der Waals surface area contributed by atoms with Gasteiger partial charge in [0.05, 0.1) is 30.3 Å². The highest BCUT2D eigenvalue weighted by Gasteiger charge is 2.32. The number of rotatable bonds is 6. The molecule has 2 aromatic carbocycles. The van der Waals surface area contributed by atoms with Gasteiger partial charge in [-0.15, -0.1) is 0 Å². The van der Waals surface area contributed by atoms with E-state index in [1.54, 1.807) is 18.2 Å². The molecule has 4 rings (SSSR count). The molecule has 37 heavy (non-hydrogen) atoms. The molecule has 0 saturated carbocycles. The number of hydrogen-bond acceptors (Lipinski definition) is 5. The van der Waals surface area contributed by atoms with E-state index in [-0.39, 0.29) is 17.9 Å². The zero-order valence-electron chi connectivity index (χ0n) is 22.3. The molecule has 8 nitrogen and oxygen atoms in total. The topological polar surface area (TPSA) is 85.7 Å². The van der Waals surface area contributed by atoms with Crippen LogP contribution in [0.5, 0.6) is 5.75 Å². The van der Waals surface area contributed by atoms with Gasteiger partial charge in [0, 0.05) is 25.6 Å². The van der Waals surface area contributed by atoms with E-state index in [1.165, 1.54) is 5.56 Å². The second kappa shape index (κ2) is 11.1. The zero-order valence-corrected chi connectivity index (χ0v) is 22.3. The van der Waals surface area contributed by atoms with Crippen molar-refractivity contribution in [2.75, 3.05) is 20.2 Å². The van der Waals surface area contributed by atoms with Crippen LogP contribution < -0.4 is 10.1 Å². The van der Waals surface area contributed by atoms with Crippen LogP contribution in [0.2, 0.25) is 0 Å². The summed E-state index contributed by atoms with van der Waals surface area (Å²) in [4.78, 5) is 27.7. The fourth-order valence-corrected chi connectivity index (χ4v) is 4.50. The van der Waals surface area contributed by atoms with Gasteiger partial charge < -0.3 is 19.7 Å². The second-order valence-corrected chi connectivity index (χ2v) is 10.5. The van der Waals surface area contributed by atoms with Gasteiger partial charge in [0.15, 0.2) is 0 Å². The third-order valence-electron chi connectivity index (χ3n) is 6.48. The van der Waals surface area contributed by atoms with Crippen molar-refractivity contribution in [2.24, 2.45) is 0 Å². The van der Waals surface area contributed by atoms with Crippen LogP contribution >= 0.6 is 0 Å². The Morgan fingerprint density at radius 3 is 2.27 bits per heavy atom. The molecule has 0 spiro atoms. The summed E-state index contributed by atoms with van der Waals surface area (Å²) in [6, 6.07) is 15.7. The van der Waals surface area contributed by atoms with Crippen molar-refractivity contribution in [3.05, 3.63) is 77.1 Å². The minimum atomic E-state index is -0.538. The van der Waals surface area contributed by atoms with Crippen molar-refractivity contribution in [3.63, 3.8) is 0 Å². The average molecular weight is 505 g/mol. The molecule has 0 bridgehead atoms. The van der Waals surface area contributed by atoms with Gasteiger partial charge in [-0.25, -0.2) is 9.48 Å². The molecule has 2 amide bonds. The van der Waals surface area contributed by atoms with Crippen molar-refractivity contribution in [1.29, 1.82) is 0 Å². The minimum absolute atomic E-state index is 0.0587. The van der Waals surface area contributed by atoms with Crippen LogP contribution in [0.15, 0.2) is 54.7 Å². The van der Waals surface area contributed by atoms with Crippen LogP contribution in [0.25, 0.3) is 5.69 Å². The van der Waals surface area contributed by atoms with E-state index >= 15 is 0 Å². The van der Waals surface area contributed by atoms with Gasteiger partial charge in [0.1, 0.15) is 11.4 Å². The highest BCUT2D eigenvalue weighted by atomic mass is 16.6. The smallest absolute Gasteiger partial charge is 0.410 e. The first kappa shape index (κ1) is 26.3. The number of aryl methyl sites for hydroxylation is 1. The number of ether oxygens (including phenoxy) is 2. The van der Waals surface area contributed by atoms with Gasteiger partial charge in [-0.2, -0.15) is 5.10 Å². The molecule has 0 unspecified atom stereocenters. The highest BCUT2D eigenvalue weighted by molar-refractivity contribution is 5.95. The number of nitrogens with one attached hydrogen (secondary N) is 1. The zero-order chi connectivity index (χ0) is 26.6. The Morgan fingerprint density at radius 1 is 1.03 bits per heavy atom. The number of hydrogen-bond donors (Lipinski definition) is 1. The molecular formula is C29H36N4O4. The second-order valence-electron chi connectivity index (χ2n) is 10.5. The van der Waals surface area contributed by atoms with Crippen molar-refractivity contribution >= 4 is 12.0 Å². The molecule has 1 aliphatic heterocycles. The van der Waals surface area contributed by atoms with Crippen LogP contribution in [0.4, 0.5) is 4.79 Å². The first-order valence-electron chi connectivity index (χ1n) is 12.7. The van der Waals surface area contributed by atoms with Gasteiger partial charge >= 0.3 is 6.09 Å². The molecule has 0 atom stereocenters. The predicted molar refractivity (Wildman–Crippen MR) is 142 cm³/mol. The summed E-state index contributed by atoms with van der Waals surface area (Å²) in [6.45, 7) is 9.18.